The van der Waals surface area contributed by atoms with Crippen LogP contribution in [0.3, 0.4) is 0 Å². The fraction of sp³-hybridized carbons (Fsp3) is 0.450. The van der Waals surface area contributed by atoms with E-state index < -0.39 is 0 Å². The Labute approximate surface area is 144 Å². The number of nitrogens with one attached hydrogen (secondary N) is 1. The van der Waals surface area contributed by atoms with Crippen LogP contribution < -0.4 is 10.2 Å². The second-order valence-corrected chi connectivity index (χ2v) is 6.83. The minimum atomic E-state index is 0.190. The summed E-state index contributed by atoms with van der Waals surface area (Å²) in [5.74, 6) is 0.772. The van der Waals surface area contributed by atoms with E-state index in [0.717, 1.165) is 50.3 Å². The largest absolute Gasteiger partial charge is 0.317 e. The van der Waals surface area contributed by atoms with Gasteiger partial charge in [0.1, 0.15) is 0 Å². The third-order valence-corrected chi connectivity index (χ3v) is 4.95. The normalized spacial score (nSPS) is 19.7. The molecule has 2 aliphatic rings. The second-order valence-electron chi connectivity index (χ2n) is 6.83. The molecule has 128 valence electrons. The topological polar surface area (TPSA) is 35.6 Å². The standard InChI is InChI=1S/C20H27N3O/c1-3-16(2)12-22-14-18-6-4-5-7-19(18)23(20(24)15-22)13-17-8-10-21-11-9-17/h3-7,17,21H,1-2,8-15H2. The molecule has 0 saturated carbocycles. The van der Waals surface area contributed by atoms with Crippen molar-refractivity contribution in [1.29, 1.82) is 0 Å². The number of carbonyl (C=O) groups is 1. The van der Waals surface area contributed by atoms with Crippen LogP contribution in [-0.2, 0) is 11.3 Å². The lowest BCUT2D eigenvalue weighted by Crippen LogP contribution is -2.42. The number of amides is 1. The lowest BCUT2D eigenvalue weighted by atomic mass is 9.97. The zero-order valence-electron chi connectivity index (χ0n) is 14.3. The number of rotatable bonds is 5. The molecule has 0 atom stereocenters. The monoisotopic (exact) mass is 325 g/mol. The first-order valence-electron chi connectivity index (χ1n) is 8.79. The Bertz CT molecular complexity index is 619. The quantitative estimate of drug-likeness (QED) is 0.845. The van der Waals surface area contributed by atoms with E-state index in [1.54, 1.807) is 6.08 Å². The molecule has 24 heavy (non-hydrogen) atoms. The number of nitrogens with zero attached hydrogens (tertiary/aromatic N) is 2. The van der Waals surface area contributed by atoms with Crippen molar-refractivity contribution in [3.63, 3.8) is 0 Å². The number of hydrogen-bond acceptors (Lipinski definition) is 3. The van der Waals surface area contributed by atoms with Crippen LogP contribution in [0.4, 0.5) is 5.69 Å². The summed E-state index contributed by atoms with van der Waals surface area (Å²) < 4.78 is 0. The molecule has 0 aromatic heterocycles. The molecule has 4 nitrogen and oxygen atoms in total. The van der Waals surface area contributed by atoms with Gasteiger partial charge in [-0.3, -0.25) is 9.69 Å². The summed E-state index contributed by atoms with van der Waals surface area (Å²) in [4.78, 5) is 17.1. The first-order valence-corrected chi connectivity index (χ1v) is 8.79. The molecule has 1 aromatic rings. The molecular formula is C20H27N3O. The number of hydrogen-bond donors (Lipinski definition) is 1. The van der Waals surface area contributed by atoms with Crippen molar-refractivity contribution in [2.45, 2.75) is 19.4 Å². The van der Waals surface area contributed by atoms with E-state index in [0.29, 0.717) is 19.0 Å². The van der Waals surface area contributed by atoms with Crippen LogP contribution in [0.25, 0.3) is 0 Å². The molecule has 1 amide bonds. The zero-order chi connectivity index (χ0) is 16.9. The molecule has 0 radical (unpaired) electrons. The van der Waals surface area contributed by atoms with Gasteiger partial charge in [-0.1, -0.05) is 37.4 Å². The van der Waals surface area contributed by atoms with Gasteiger partial charge in [-0.25, -0.2) is 0 Å². The summed E-state index contributed by atoms with van der Waals surface area (Å²) >= 11 is 0. The van der Waals surface area contributed by atoms with Crippen molar-refractivity contribution in [2.24, 2.45) is 5.92 Å². The van der Waals surface area contributed by atoms with Gasteiger partial charge in [0, 0.05) is 25.3 Å². The minimum absolute atomic E-state index is 0.190. The molecule has 4 heteroatoms. The Balaban J connectivity index is 1.82. The molecule has 2 heterocycles. The van der Waals surface area contributed by atoms with E-state index >= 15 is 0 Å². The van der Waals surface area contributed by atoms with E-state index in [-0.39, 0.29) is 5.91 Å². The van der Waals surface area contributed by atoms with Gasteiger partial charge in [0.15, 0.2) is 0 Å². The number of fused-ring (bicyclic) bond motifs is 1. The summed E-state index contributed by atoms with van der Waals surface area (Å²) in [5.41, 5.74) is 3.24. The maximum absolute atomic E-state index is 12.9. The maximum atomic E-state index is 12.9. The molecule has 3 rings (SSSR count). The molecular weight excluding hydrogens is 298 g/mol. The van der Waals surface area contributed by atoms with Gasteiger partial charge in [0.05, 0.1) is 6.54 Å². The van der Waals surface area contributed by atoms with Crippen molar-refractivity contribution in [3.05, 3.63) is 54.6 Å². The van der Waals surface area contributed by atoms with E-state index in [9.17, 15) is 4.79 Å². The summed E-state index contributed by atoms with van der Waals surface area (Å²) in [7, 11) is 0. The van der Waals surface area contributed by atoms with Gasteiger partial charge in [0.2, 0.25) is 5.91 Å². The Kier molecular flexibility index (Phi) is 5.48. The van der Waals surface area contributed by atoms with Crippen LogP contribution in [0.2, 0.25) is 0 Å². The fourth-order valence-electron chi connectivity index (χ4n) is 3.60. The average Bonchev–Trinajstić information content (AvgIpc) is 2.72. The summed E-state index contributed by atoms with van der Waals surface area (Å²) in [6.07, 6.45) is 4.06. The number of piperidine rings is 1. The number of carbonyl (C=O) groups excluding carboxylic acids is 1. The molecule has 1 aromatic carbocycles. The minimum Gasteiger partial charge on any atom is -0.317 e. The van der Waals surface area contributed by atoms with Crippen molar-refractivity contribution >= 4 is 11.6 Å². The lowest BCUT2D eigenvalue weighted by molar-refractivity contribution is -0.119. The van der Waals surface area contributed by atoms with E-state index in [4.69, 9.17) is 0 Å². The van der Waals surface area contributed by atoms with E-state index in [2.05, 4.69) is 41.6 Å². The highest BCUT2D eigenvalue weighted by Crippen LogP contribution is 2.28. The molecule has 0 spiro atoms. The zero-order valence-corrected chi connectivity index (χ0v) is 14.3. The highest BCUT2D eigenvalue weighted by atomic mass is 16.2. The van der Waals surface area contributed by atoms with Crippen LogP contribution in [-0.4, -0.2) is 43.5 Å². The fourth-order valence-corrected chi connectivity index (χ4v) is 3.60. The third-order valence-electron chi connectivity index (χ3n) is 4.95. The van der Waals surface area contributed by atoms with Crippen LogP contribution in [0, 0.1) is 5.92 Å². The van der Waals surface area contributed by atoms with Gasteiger partial charge >= 0.3 is 0 Å². The molecule has 0 aliphatic carbocycles. The predicted octanol–water partition coefficient (Wildman–Crippen LogP) is 2.58. The van der Waals surface area contributed by atoms with Crippen molar-refractivity contribution in [3.8, 4) is 0 Å². The number of anilines is 1. The Morgan fingerprint density at radius 3 is 2.75 bits per heavy atom. The lowest BCUT2D eigenvalue weighted by Gasteiger charge is -2.30. The predicted molar refractivity (Wildman–Crippen MR) is 99.0 cm³/mol. The molecule has 1 N–H and O–H groups in total. The number of para-hydroxylation sites is 1. The van der Waals surface area contributed by atoms with Crippen LogP contribution in [0.1, 0.15) is 18.4 Å². The third kappa shape index (κ3) is 3.94. The van der Waals surface area contributed by atoms with Crippen molar-refractivity contribution in [1.82, 2.24) is 10.2 Å². The molecule has 1 fully saturated rings. The summed E-state index contributed by atoms with van der Waals surface area (Å²) in [6.45, 7) is 12.6. The van der Waals surface area contributed by atoms with Gasteiger partial charge in [0.25, 0.3) is 0 Å². The second kappa shape index (κ2) is 7.77. The smallest absolute Gasteiger partial charge is 0.241 e. The van der Waals surface area contributed by atoms with Gasteiger partial charge < -0.3 is 10.2 Å². The molecule has 1 saturated heterocycles. The Morgan fingerprint density at radius 2 is 2.00 bits per heavy atom. The van der Waals surface area contributed by atoms with E-state index in [1.807, 2.05) is 11.0 Å². The summed E-state index contributed by atoms with van der Waals surface area (Å²) in [5, 5.41) is 3.40. The number of benzene rings is 1. The molecule has 2 aliphatic heterocycles. The van der Waals surface area contributed by atoms with Crippen LogP contribution >= 0.6 is 0 Å². The van der Waals surface area contributed by atoms with Crippen LogP contribution in [0.15, 0.2) is 49.1 Å². The Hall–Kier alpha value is -1.91. The van der Waals surface area contributed by atoms with E-state index in [1.165, 1.54) is 5.56 Å². The Morgan fingerprint density at radius 1 is 1.25 bits per heavy atom. The van der Waals surface area contributed by atoms with Gasteiger partial charge in [-0.05, 0) is 49.1 Å². The first kappa shape index (κ1) is 16.9. The highest BCUT2D eigenvalue weighted by Gasteiger charge is 2.28. The van der Waals surface area contributed by atoms with Gasteiger partial charge in [-0.15, -0.1) is 0 Å². The average molecular weight is 325 g/mol. The molecule has 0 unspecified atom stereocenters. The first-order chi connectivity index (χ1) is 11.7. The SMILES string of the molecule is C=CC(=C)CN1CC(=O)N(CC2CCNCC2)c2ccccc2C1. The van der Waals surface area contributed by atoms with Crippen molar-refractivity contribution in [2.75, 3.05) is 37.6 Å². The molecule has 0 bridgehead atoms. The van der Waals surface area contributed by atoms with Gasteiger partial charge in [-0.2, -0.15) is 0 Å². The maximum Gasteiger partial charge on any atom is 0.241 e. The highest BCUT2D eigenvalue weighted by molar-refractivity contribution is 5.96. The van der Waals surface area contributed by atoms with Crippen LogP contribution in [0.5, 0.6) is 0 Å². The summed E-state index contributed by atoms with van der Waals surface area (Å²) in [6, 6.07) is 8.30. The van der Waals surface area contributed by atoms with Crippen molar-refractivity contribution < 1.29 is 4.79 Å².